The molecule has 2 saturated heterocycles. The summed E-state index contributed by atoms with van der Waals surface area (Å²) in [4.78, 5) is 48.4. The Bertz CT molecular complexity index is 1730. The lowest BCUT2D eigenvalue weighted by Gasteiger charge is -2.24. The Morgan fingerprint density at radius 2 is 1.79 bits per heavy atom. The highest BCUT2D eigenvalue weighted by molar-refractivity contribution is 5.99. The molecule has 10 nitrogen and oxygen atoms in total. The number of likely N-dealkylation sites (tertiary alicyclic amines) is 1. The van der Waals surface area contributed by atoms with Crippen LogP contribution in [0.3, 0.4) is 0 Å². The normalized spacial score (nSPS) is 19.4. The van der Waals surface area contributed by atoms with Crippen LogP contribution in [0.4, 0.5) is 8.78 Å². The number of alkyl halides is 2. The molecule has 1 unspecified atom stereocenters. The van der Waals surface area contributed by atoms with Crippen LogP contribution in [0.15, 0.2) is 67.0 Å². The fourth-order valence-corrected chi connectivity index (χ4v) is 6.15. The van der Waals surface area contributed by atoms with E-state index >= 15 is 0 Å². The molecular weight excluding hydrogens is 560 g/mol. The van der Waals surface area contributed by atoms with Gasteiger partial charge in [0.25, 0.3) is 11.8 Å². The van der Waals surface area contributed by atoms with Gasteiger partial charge < -0.3 is 30.0 Å². The number of H-pyrrole nitrogens is 1. The van der Waals surface area contributed by atoms with E-state index in [4.69, 9.17) is 9.47 Å². The first kappa shape index (κ1) is 27.2. The predicted octanol–water partition coefficient (Wildman–Crippen LogP) is 3.07. The minimum atomic E-state index is -3.16. The van der Waals surface area contributed by atoms with E-state index in [1.165, 1.54) is 29.2 Å². The number of hydrogen-bond acceptors (Lipinski definition) is 6. The Morgan fingerprint density at radius 1 is 1.00 bits per heavy atom. The van der Waals surface area contributed by atoms with Gasteiger partial charge in [-0.1, -0.05) is 30.3 Å². The van der Waals surface area contributed by atoms with Gasteiger partial charge in [-0.15, -0.1) is 0 Å². The van der Waals surface area contributed by atoms with Gasteiger partial charge in [0.2, 0.25) is 11.8 Å². The second-order valence-corrected chi connectivity index (χ2v) is 10.9. The summed E-state index contributed by atoms with van der Waals surface area (Å²) in [6, 6.07) is 13.1. The summed E-state index contributed by atoms with van der Waals surface area (Å²) < 4.78 is 41.4. The molecule has 12 heteroatoms. The molecule has 7 rings (SSSR count). The Balaban J connectivity index is 1.04. The van der Waals surface area contributed by atoms with Crippen LogP contribution in [0.5, 0.6) is 0 Å². The number of ether oxygens (including phenoxy) is 2. The van der Waals surface area contributed by atoms with Gasteiger partial charge in [0, 0.05) is 40.4 Å². The number of halogens is 2. The van der Waals surface area contributed by atoms with Crippen LogP contribution >= 0.6 is 0 Å². The quantitative estimate of drug-likeness (QED) is 0.319. The third-order valence-electron chi connectivity index (χ3n) is 8.24. The summed E-state index contributed by atoms with van der Waals surface area (Å²) >= 11 is 0. The Hall–Kier alpha value is -4.68. The SMILES string of the molecule is O=C(NCC(=O)N1CC2(CC1C(=O)NCc1cc3ccncc3[nH]1)OCCO2)c1ccc2c(c1)-c1ccccc1C2(F)F. The molecule has 4 heterocycles. The molecule has 2 aliphatic heterocycles. The zero-order chi connectivity index (χ0) is 29.8. The van der Waals surface area contributed by atoms with Crippen molar-refractivity contribution >= 4 is 28.6 Å². The highest BCUT2D eigenvalue weighted by Gasteiger charge is 2.52. The van der Waals surface area contributed by atoms with Gasteiger partial charge in [0.05, 0.1) is 44.6 Å². The van der Waals surface area contributed by atoms with Crippen molar-refractivity contribution in [1.82, 2.24) is 25.5 Å². The Labute approximate surface area is 244 Å². The third kappa shape index (κ3) is 4.72. The van der Waals surface area contributed by atoms with Gasteiger partial charge in [-0.25, -0.2) is 0 Å². The molecule has 3 amide bonds. The molecule has 43 heavy (non-hydrogen) atoms. The zero-order valence-electron chi connectivity index (χ0n) is 22.9. The van der Waals surface area contributed by atoms with Crippen molar-refractivity contribution in [3.63, 3.8) is 0 Å². The number of carbonyl (C=O) groups is 3. The van der Waals surface area contributed by atoms with E-state index in [-0.39, 0.29) is 47.7 Å². The standard InChI is InChI=1S/C31H27F2N5O5/c32-31(33)23-4-2-1-3-21(23)22-12-19(5-6-24(22)31)28(40)36-16-27(39)38-17-30(42-9-10-43-30)13-26(38)29(41)35-14-20-11-18-7-8-34-15-25(18)37-20/h1-8,11-12,15,26,37H,9-10,13-14,16-17H2,(H,35,41)(H,36,40). The number of fused-ring (bicyclic) bond motifs is 4. The van der Waals surface area contributed by atoms with Crippen molar-refractivity contribution in [2.45, 2.75) is 30.7 Å². The van der Waals surface area contributed by atoms with E-state index in [1.807, 2.05) is 12.1 Å². The van der Waals surface area contributed by atoms with Crippen LogP contribution < -0.4 is 10.6 Å². The summed E-state index contributed by atoms with van der Waals surface area (Å²) in [6.45, 7) is 0.519. The van der Waals surface area contributed by atoms with Crippen LogP contribution in [0.25, 0.3) is 22.0 Å². The molecule has 1 spiro atoms. The van der Waals surface area contributed by atoms with Crippen LogP contribution in [-0.4, -0.2) is 70.7 Å². The largest absolute Gasteiger partial charge is 0.356 e. The number of carbonyl (C=O) groups excluding carboxylic acids is 3. The van der Waals surface area contributed by atoms with E-state index in [0.717, 1.165) is 16.6 Å². The average Bonchev–Trinajstić information content (AvgIpc) is 3.79. The molecule has 0 saturated carbocycles. The zero-order valence-corrected chi connectivity index (χ0v) is 22.9. The summed E-state index contributed by atoms with van der Waals surface area (Å²) in [6.07, 6.45) is 3.53. The van der Waals surface area contributed by atoms with Crippen molar-refractivity contribution in [2.24, 2.45) is 0 Å². The molecule has 0 bridgehead atoms. The summed E-state index contributed by atoms with van der Waals surface area (Å²) in [7, 11) is 0. The second-order valence-electron chi connectivity index (χ2n) is 10.9. The lowest BCUT2D eigenvalue weighted by molar-refractivity contribution is -0.152. The van der Waals surface area contributed by atoms with Crippen molar-refractivity contribution < 1.29 is 32.6 Å². The molecule has 0 radical (unpaired) electrons. The molecule has 2 aromatic heterocycles. The maximum absolute atomic E-state index is 14.9. The number of aromatic amines is 1. The first-order chi connectivity index (χ1) is 20.7. The summed E-state index contributed by atoms with van der Waals surface area (Å²) in [5.74, 6) is -5.73. The predicted molar refractivity (Wildman–Crippen MR) is 150 cm³/mol. The van der Waals surface area contributed by atoms with E-state index in [0.29, 0.717) is 18.8 Å². The number of pyridine rings is 1. The molecule has 3 N–H and O–H groups in total. The van der Waals surface area contributed by atoms with E-state index in [9.17, 15) is 23.2 Å². The number of rotatable bonds is 6. The molecular formula is C31H27F2N5O5. The van der Waals surface area contributed by atoms with Crippen LogP contribution in [0.2, 0.25) is 0 Å². The van der Waals surface area contributed by atoms with Crippen LogP contribution in [0, 0.1) is 0 Å². The number of nitrogens with zero attached hydrogens (tertiary/aromatic N) is 2. The van der Waals surface area contributed by atoms with Crippen molar-refractivity contribution in [3.05, 3.63) is 89.4 Å². The smallest absolute Gasteiger partial charge is 0.299 e. The second kappa shape index (κ2) is 10.2. The van der Waals surface area contributed by atoms with Crippen molar-refractivity contribution in [3.8, 4) is 11.1 Å². The number of amides is 3. The molecule has 1 atom stereocenters. The number of hydrogen-bond donors (Lipinski definition) is 3. The van der Waals surface area contributed by atoms with Gasteiger partial charge in [0.15, 0.2) is 5.79 Å². The van der Waals surface area contributed by atoms with Crippen molar-refractivity contribution in [1.29, 1.82) is 0 Å². The van der Waals surface area contributed by atoms with Gasteiger partial charge in [-0.05, 0) is 35.4 Å². The Morgan fingerprint density at radius 3 is 2.60 bits per heavy atom. The lowest BCUT2D eigenvalue weighted by Crippen LogP contribution is -2.49. The van der Waals surface area contributed by atoms with Gasteiger partial charge in [0.1, 0.15) is 6.04 Å². The van der Waals surface area contributed by atoms with E-state index < -0.39 is 36.1 Å². The topological polar surface area (TPSA) is 126 Å². The monoisotopic (exact) mass is 587 g/mol. The van der Waals surface area contributed by atoms with Gasteiger partial charge >= 0.3 is 0 Å². The molecule has 2 fully saturated rings. The Kier molecular flexibility index (Phi) is 6.47. The molecule has 1 aliphatic carbocycles. The fraction of sp³-hybridized carbons (Fsp3) is 0.290. The first-order valence-electron chi connectivity index (χ1n) is 13.9. The number of aromatic nitrogens is 2. The third-order valence-corrected chi connectivity index (χ3v) is 8.24. The minimum Gasteiger partial charge on any atom is -0.356 e. The van der Waals surface area contributed by atoms with Crippen LogP contribution in [0.1, 0.15) is 33.6 Å². The minimum absolute atomic E-state index is 0.0303. The van der Waals surface area contributed by atoms with Gasteiger partial charge in [-0.3, -0.25) is 19.4 Å². The maximum atomic E-state index is 14.9. The maximum Gasteiger partial charge on any atom is 0.299 e. The fourth-order valence-electron chi connectivity index (χ4n) is 6.15. The summed E-state index contributed by atoms with van der Waals surface area (Å²) in [5, 5.41) is 6.42. The van der Waals surface area contributed by atoms with E-state index in [1.54, 1.807) is 30.6 Å². The van der Waals surface area contributed by atoms with Crippen molar-refractivity contribution in [2.75, 3.05) is 26.3 Å². The summed E-state index contributed by atoms with van der Waals surface area (Å²) in [5.41, 5.74) is 2.12. The van der Waals surface area contributed by atoms with Gasteiger partial charge in [-0.2, -0.15) is 8.78 Å². The molecule has 220 valence electrons. The number of nitrogens with one attached hydrogen (secondary N) is 3. The van der Waals surface area contributed by atoms with E-state index in [2.05, 4.69) is 20.6 Å². The molecule has 3 aliphatic rings. The molecule has 4 aromatic rings. The highest BCUT2D eigenvalue weighted by atomic mass is 19.3. The van der Waals surface area contributed by atoms with Crippen LogP contribution in [-0.2, 0) is 31.5 Å². The highest BCUT2D eigenvalue weighted by Crippen LogP contribution is 2.51. The first-order valence-corrected chi connectivity index (χ1v) is 13.9. The lowest BCUT2D eigenvalue weighted by atomic mass is 10.0. The number of benzene rings is 2. The average molecular weight is 588 g/mol. The molecule has 2 aromatic carbocycles.